The maximum Gasteiger partial charge on any atom is 0.321 e. The van der Waals surface area contributed by atoms with Gasteiger partial charge >= 0.3 is 11.9 Å². The van der Waals surface area contributed by atoms with E-state index < -0.39 is 39.9 Å². The number of hydrogen-bond donors (Lipinski definition) is 7. The SMILES string of the molecule is N[C@@H](CS(=O)(=O)O)C(=O)O.N[C@@H](Cc1ccc(O)c(O)c1)C(=O)O. The Bertz CT molecular complexity index is 690. The Hall–Kier alpha value is -2.41. The third-order valence-electron chi connectivity index (χ3n) is 2.52. The average molecular weight is 366 g/mol. The van der Waals surface area contributed by atoms with Crippen molar-refractivity contribution in [3.05, 3.63) is 23.8 Å². The Kier molecular flexibility index (Phi) is 8.12. The van der Waals surface area contributed by atoms with Gasteiger partial charge in [0, 0.05) is 0 Å². The molecule has 11 nitrogen and oxygen atoms in total. The van der Waals surface area contributed by atoms with Crippen LogP contribution in [0.15, 0.2) is 18.2 Å². The van der Waals surface area contributed by atoms with Crippen molar-refractivity contribution in [2.45, 2.75) is 18.5 Å². The average Bonchev–Trinajstić information content (AvgIpc) is 2.41. The first-order chi connectivity index (χ1) is 10.8. The topological polar surface area (TPSA) is 221 Å². The number of benzene rings is 1. The molecule has 0 aromatic heterocycles. The molecule has 0 aliphatic heterocycles. The molecule has 0 bridgehead atoms. The van der Waals surface area contributed by atoms with E-state index in [1.54, 1.807) is 0 Å². The fraction of sp³-hybridized carbons (Fsp3) is 0.333. The standard InChI is InChI=1S/C9H11NO4.C3H7NO5S/c10-6(9(13)14)3-5-1-2-7(11)8(12)4-5;4-2(3(5)6)1-10(7,8)9/h1-2,4,6,11-12H,3,10H2,(H,13,14);2H,1,4H2,(H,5,6)(H,7,8,9)/t6-;2-/m00/s1. The molecule has 24 heavy (non-hydrogen) atoms. The predicted octanol–water partition coefficient (Wildman–Crippen LogP) is -1.66. The highest BCUT2D eigenvalue weighted by atomic mass is 32.2. The second kappa shape index (κ2) is 9.02. The monoisotopic (exact) mass is 366 g/mol. The van der Waals surface area contributed by atoms with Gasteiger partial charge in [0.2, 0.25) is 0 Å². The zero-order valence-electron chi connectivity index (χ0n) is 12.2. The van der Waals surface area contributed by atoms with Gasteiger partial charge in [-0.2, -0.15) is 8.42 Å². The molecule has 0 aliphatic rings. The van der Waals surface area contributed by atoms with Gasteiger partial charge in [-0.1, -0.05) is 6.07 Å². The fourth-order valence-electron chi connectivity index (χ4n) is 1.34. The van der Waals surface area contributed by atoms with Crippen molar-refractivity contribution in [2.24, 2.45) is 11.5 Å². The fourth-order valence-corrected chi connectivity index (χ4v) is 1.93. The Morgan fingerprint density at radius 3 is 1.83 bits per heavy atom. The largest absolute Gasteiger partial charge is 0.504 e. The van der Waals surface area contributed by atoms with Gasteiger partial charge < -0.3 is 31.9 Å². The van der Waals surface area contributed by atoms with Crippen LogP contribution in [0.2, 0.25) is 0 Å². The molecule has 0 radical (unpaired) electrons. The van der Waals surface area contributed by atoms with E-state index in [4.69, 9.17) is 36.4 Å². The van der Waals surface area contributed by atoms with E-state index >= 15 is 0 Å². The highest BCUT2D eigenvalue weighted by molar-refractivity contribution is 7.85. The van der Waals surface area contributed by atoms with Crippen LogP contribution in [0.25, 0.3) is 0 Å². The van der Waals surface area contributed by atoms with Crippen LogP contribution >= 0.6 is 0 Å². The Labute approximate surface area is 136 Å². The number of phenols is 2. The highest BCUT2D eigenvalue weighted by Gasteiger charge is 2.18. The predicted molar refractivity (Wildman–Crippen MR) is 81.1 cm³/mol. The first-order valence-electron chi connectivity index (χ1n) is 6.26. The number of nitrogens with two attached hydrogens (primary N) is 2. The van der Waals surface area contributed by atoms with E-state index in [0.717, 1.165) is 0 Å². The van der Waals surface area contributed by atoms with Gasteiger partial charge in [-0.05, 0) is 24.1 Å². The van der Waals surface area contributed by atoms with E-state index in [0.29, 0.717) is 5.56 Å². The van der Waals surface area contributed by atoms with Crippen LogP contribution in [0.3, 0.4) is 0 Å². The normalized spacial score (nSPS) is 13.3. The number of carboxylic acids is 2. The molecule has 1 rings (SSSR count). The number of aromatic hydroxyl groups is 2. The quantitative estimate of drug-likeness (QED) is 0.223. The zero-order chi connectivity index (χ0) is 19.1. The Balaban J connectivity index is 0.000000470. The molecule has 0 saturated heterocycles. The zero-order valence-corrected chi connectivity index (χ0v) is 13.0. The second-order valence-electron chi connectivity index (χ2n) is 4.67. The molecule has 0 saturated carbocycles. The number of carbonyl (C=O) groups is 2. The van der Waals surface area contributed by atoms with Crippen molar-refractivity contribution >= 4 is 22.1 Å². The van der Waals surface area contributed by atoms with Crippen molar-refractivity contribution in [2.75, 3.05) is 5.75 Å². The van der Waals surface area contributed by atoms with Gasteiger partial charge in [-0.15, -0.1) is 0 Å². The van der Waals surface area contributed by atoms with Gasteiger partial charge in [0.1, 0.15) is 17.8 Å². The smallest absolute Gasteiger partial charge is 0.321 e. The summed E-state index contributed by atoms with van der Waals surface area (Å²) in [6.07, 6.45) is 0.114. The molecular formula is C12H18N2O9S. The summed E-state index contributed by atoms with van der Waals surface area (Å²) in [5.74, 6) is -4.03. The summed E-state index contributed by atoms with van der Waals surface area (Å²) in [6.45, 7) is 0. The van der Waals surface area contributed by atoms with Crippen molar-refractivity contribution in [1.29, 1.82) is 0 Å². The molecule has 9 N–H and O–H groups in total. The van der Waals surface area contributed by atoms with Crippen LogP contribution in [0.5, 0.6) is 11.5 Å². The molecule has 0 heterocycles. The van der Waals surface area contributed by atoms with Crippen LogP contribution in [-0.4, -0.2) is 63.2 Å². The molecule has 1 aromatic carbocycles. The molecule has 1 aromatic rings. The summed E-state index contributed by atoms with van der Waals surface area (Å²) in [5.41, 5.74) is 10.6. The number of carboxylic acid groups (broad SMARTS) is 2. The van der Waals surface area contributed by atoms with E-state index in [-0.39, 0.29) is 17.9 Å². The third kappa shape index (κ3) is 8.89. The number of aliphatic carboxylic acids is 2. The number of rotatable bonds is 6. The minimum absolute atomic E-state index is 0.114. The Morgan fingerprint density at radius 2 is 1.50 bits per heavy atom. The van der Waals surface area contributed by atoms with Crippen LogP contribution in [0, 0.1) is 0 Å². The minimum Gasteiger partial charge on any atom is -0.504 e. The maximum absolute atomic E-state index is 10.4. The van der Waals surface area contributed by atoms with Crippen molar-refractivity contribution in [3.63, 3.8) is 0 Å². The molecule has 0 unspecified atom stereocenters. The molecule has 0 fully saturated rings. The van der Waals surface area contributed by atoms with Gasteiger partial charge in [0.25, 0.3) is 10.1 Å². The van der Waals surface area contributed by atoms with Crippen LogP contribution in [-0.2, 0) is 26.1 Å². The molecule has 0 amide bonds. The van der Waals surface area contributed by atoms with Crippen LogP contribution in [0.1, 0.15) is 5.56 Å². The molecule has 0 aliphatic carbocycles. The molecule has 12 heteroatoms. The van der Waals surface area contributed by atoms with E-state index in [1.807, 2.05) is 0 Å². The van der Waals surface area contributed by atoms with Crippen molar-refractivity contribution in [1.82, 2.24) is 0 Å². The molecular weight excluding hydrogens is 348 g/mol. The maximum atomic E-state index is 10.4. The highest BCUT2D eigenvalue weighted by Crippen LogP contribution is 2.25. The van der Waals surface area contributed by atoms with Crippen LogP contribution in [0.4, 0.5) is 0 Å². The first-order valence-corrected chi connectivity index (χ1v) is 7.87. The second-order valence-corrected chi connectivity index (χ2v) is 6.16. The lowest BCUT2D eigenvalue weighted by Crippen LogP contribution is -2.36. The lowest BCUT2D eigenvalue weighted by Gasteiger charge is -2.06. The van der Waals surface area contributed by atoms with Crippen molar-refractivity contribution in [3.8, 4) is 11.5 Å². The van der Waals surface area contributed by atoms with Crippen LogP contribution < -0.4 is 11.5 Å². The van der Waals surface area contributed by atoms with Gasteiger partial charge in [-0.3, -0.25) is 14.1 Å². The Morgan fingerprint density at radius 1 is 1.00 bits per heavy atom. The molecule has 136 valence electrons. The summed E-state index contributed by atoms with van der Waals surface area (Å²) >= 11 is 0. The summed E-state index contributed by atoms with van der Waals surface area (Å²) in [6, 6.07) is 1.53. The van der Waals surface area contributed by atoms with Gasteiger partial charge in [0.05, 0.1) is 0 Å². The third-order valence-corrected chi connectivity index (χ3v) is 3.30. The van der Waals surface area contributed by atoms with Gasteiger partial charge in [0.15, 0.2) is 11.5 Å². The number of phenolic OH excluding ortho intramolecular Hbond substituents is 2. The van der Waals surface area contributed by atoms with E-state index in [9.17, 15) is 18.0 Å². The van der Waals surface area contributed by atoms with Crippen molar-refractivity contribution < 1.29 is 43.0 Å². The first kappa shape index (κ1) is 21.6. The summed E-state index contributed by atoms with van der Waals surface area (Å²) < 4.78 is 28.0. The van der Waals surface area contributed by atoms with Gasteiger partial charge in [-0.25, -0.2) is 0 Å². The summed E-state index contributed by atoms with van der Waals surface area (Å²) in [4.78, 5) is 20.3. The van der Waals surface area contributed by atoms with E-state index in [1.165, 1.54) is 18.2 Å². The number of hydrogen-bond acceptors (Lipinski definition) is 8. The lowest BCUT2D eigenvalue weighted by atomic mass is 10.1. The molecule has 2 atom stereocenters. The lowest BCUT2D eigenvalue weighted by molar-refractivity contribution is -0.139. The molecule has 0 spiro atoms. The minimum atomic E-state index is -4.27. The van der Waals surface area contributed by atoms with E-state index in [2.05, 4.69) is 0 Å². The summed E-state index contributed by atoms with van der Waals surface area (Å²) in [5, 5.41) is 34.7. The summed E-state index contributed by atoms with van der Waals surface area (Å²) in [7, 11) is -4.27.